The van der Waals surface area contributed by atoms with Gasteiger partial charge in [0.15, 0.2) is 11.3 Å². The summed E-state index contributed by atoms with van der Waals surface area (Å²) in [5.74, 6) is 1.26. The molecule has 0 aliphatic carbocycles. The number of aryl methyl sites for hydroxylation is 2. The number of hydrogen-bond acceptors (Lipinski definition) is 8. The maximum Gasteiger partial charge on any atom is 0.277 e. The Hall–Kier alpha value is -3.12. The van der Waals surface area contributed by atoms with E-state index in [4.69, 9.17) is 4.74 Å². The van der Waals surface area contributed by atoms with Gasteiger partial charge in [0.2, 0.25) is 10.0 Å². The molecule has 1 aliphatic heterocycles. The van der Waals surface area contributed by atoms with Gasteiger partial charge >= 0.3 is 0 Å². The number of aromatic nitrogens is 4. The summed E-state index contributed by atoms with van der Waals surface area (Å²) in [4.78, 5) is 31.0. The maximum atomic E-state index is 13.3. The molecule has 1 aliphatic rings. The lowest BCUT2D eigenvalue weighted by Gasteiger charge is -2.28. The van der Waals surface area contributed by atoms with Gasteiger partial charge in [0.05, 0.1) is 28.8 Å². The molecule has 0 saturated carbocycles. The third-order valence-electron chi connectivity index (χ3n) is 5.93. The lowest BCUT2D eigenvalue weighted by atomic mass is 10.1. The van der Waals surface area contributed by atoms with E-state index in [0.717, 1.165) is 6.42 Å². The van der Waals surface area contributed by atoms with Crippen LogP contribution < -0.4 is 10.3 Å². The highest BCUT2D eigenvalue weighted by Crippen LogP contribution is 2.32. The van der Waals surface area contributed by atoms with Crippen LogP contribution in [0.1, 0.15) is 44.6 Å². The van der Waals surface area contributed by atoms with Crippen LogP contribution in [-0.2, 0) is 16.4 Å². The number of sulfonamides is 1. The Morgan fingerprint density at radius 1 is 1.24 bits per heavy atom. The number of hydrogen-bond donors (Lipinski definition) is 1. The van der Waals surface area contributed by atoms with Gasteiger partial charge in [0.25, 0.3) is 5.56 Å². The molecule has 1 N–H and O–H groups in total. The van der Waals surface area contributed by atoms with E-state index in [0.29, 0.717) is 54.2 Å². The third-order valence-corrected chi connectivity index (χ3v) is 7.83. The van der Waals surface area contributed by atoms with E-state index < -0.39 is 10.0 Å². The fourth-order valence-corrected chi connectivity index (χ4v) is 5.71. The molecule has 0 spiro atoms. The van der Waals surface area contributed by atoms with Crippen molar-refractivity contribution in [1.82, 2.24) is 23.9 Å². The van der Waals surface area contributed by atoms with Gasteiger partial charge < -0.3 is 9.72 Å². The van der Waals surface area contributed by atoms with Crippen molar-refractivity contribution in [3.63, 3.8) is 0 Å². The van der Waals surface area contributed by atoms with Crippen molar-refractivity contribution in [3.8, 4) is 17.1 Å². The highest BCUT2D eigenvalue weighted by molar-refractivity contribution is 7.89. The number of ether oxygens (including phenoxy) is 1. The highest BCUT2D eigenvalue weighted by atomic mass is 32.2. The number of H-pyrrole nitrogens is 1. The highest BCUT2D eigenvalue weighted by Gasteiger charge is 2.31. The first-order valence-electron chi connectivity index (χ1n) is 11.4. The number of benzene rings is 1. The van der Waals surface area contributed by atoms with Gasteiger partial charge in [-0.25, -0.2) is 17.9 Å². The minimum absolute atomic E-state index is 0.0572. The standard InChI is InChI=1S/C22H28N6O5S/c1-4-6-19-23-14(3)20-22(29)24-21(25-28(19)20)17-13-16(7-8-18(17)33-5-2)34(31,32)27-11-9-15(26-30)10-12-27/h7-8,13,15H,4-6,9-12H2,1-3H3,(H,24,25,29). The van der Waals surface area contributed by atoms with Crippen LogP contribution >= 0.6 is 0 Å². The largest absolute Gasteiger partial charge is 0.493 e. The molecular formula is C22H28N6O5S. The smallest absolute Gasteiger partial charge is 0.277 e. The van der Waals surface area contributed by atoms with Gasteiger partial charge in [0.1, 0.15) is 11.6 Å². The first-order valence-corrected chi connectivity index (χ1v) is 12.8. The van der Waals surface area contributed by atoms with Crippen molar-refractivity contribution < 1.29 is 13.2 Å². The molecule has 11 nitrogen and oxygen atoms in total. The summed E-state index contributed by atoms with van der Waals surface area (Å²) < 4.78 is 35.3. The number of aromatic amines is 1. The summed E-state index contributed by atoms with van der Waals surface area (Å²) in [6.07, 6.45) is 2.25. The number of nitrogens with zero attached hydrogens (tertiary/aromatic N) is 5. The van der Waals surface area contributed by atoms with Crippen LogP contribution in [0.5, 0.6) is 5.75 Å². The average Bonchev–Trinajstić information content (AvgIpc) is 3.15. The van der Waals surface area contributed by atoms with Crippen LogP contribution in [-0.4, -0.2) is 58.0 Å². The fourth-order valence-electron chi connectivity index (χ4n) is 4.22. The topological polar surface area (TPSA) is 139 Å². The van der Waals surface area contributed by atoms with Gasteiger partial charge in [0, 0.05) is 19.5 Å². The van der Waals surface area contributed by atoms with Crippen molar-refractivity contribution in [3.05, 3.63) is 45.0 Å². The van der Waals surface area contributed by atoms with Crippen molar-refractivity contribution in [2.45, 2.75) is 57.4 Å². The van der Waals surface area contributed by atoms with Crippen molar-refractivity contribution in [2.75, 3.05) is 19.7 Å². The van der Waals surface area contributed by atoms with E-state index in [-0.39, 0.29) is 35.4 Å². The predicted molar refractivity (Wildman–Crippen MR) is 127 cm³/mol. The molecule has 1 saturated heterocycles. The van der Waals surface area contributed by atoms with Crippen molar-refractivity contribution >= 4 is 15.5 Å². The summed E-state index contributed by atoms with van der Waals surface area (Å²) in [5.41, 5.74) is 0.940. The molecule has 0 atom stereocenters. The first-order chi connectivity index (χ1) is 16.3. The van der Waals surface area contributed by atoms with Crippen LogP contribution in [0.4, 0.5) is 0 Å². The summed E-state index contributed by atoms with van der Waals surface area (Å²) in [6.45, 7) is 6.38. The molecule has 182 valence electrons. The lowest BCUT2D eigenvalue weighted by molar-refractivity contribution is 0.320. The van der Waals surface area contributed by atoms with Gasteiger partial charge in [-0.2, -0.15) is 9.21 Å². The van der Waals surface area contributed by atoms with E-state index in [2.05, 4.69) is 20.2 Å². The molecular weight excluding hydrogens is 460 g/mol. The number of fused-ring (bicyclic) bond motifs is 1. The molecule has 0 radical (unpaired) electrons. The second-order valence-electron chi connectivity index (χ2n) is 8.26. The maximum absolute atomic E-state index is 13.3. The Morgan fingerprint density at radius 2 is 1.97 bits per heavy atom. The van der Waals surface area contributed by atoms with E-state index in [1.807, 2.05) is 13.8 Å². The monoisotopic (exact) mass is 488 g/mol. The molecule has 0 amide bonds. The van der Waals surface area contributed by atoms with Crippen molar-refractivity contribution in [1.29, 1.82) is 0 Å². The number of imidazole rings is 1. The Balaban J connectivity index is 1.82. The molecule has 2 aromatic heterocycles. The zero-order valence-electron chi connectivity index (χ0n) is 19.4. The molecule has 4 rings (SSSR count). The quantitative estimate of drug-likeness (QED) is 0.481. The number of nitrogens with one attached hydrogen (secondary N) is 1. The molecule has 3 heterocycles. The molecule has 0 bridgehead atoms. The van der Waals surface area contributed by atoms with Crippen LogP contribution in [0, 0.1) is 11.8 Å². The fraction of sp³-hybridized carbons (Fsp3) is 0.500. The SMILES string of the molecule is CCCc1nc(C)c2c(=O)[nH]c(-c3cc(S(=O)(=O)N4CCC(N=O)CC4)ccc3OCC)nn12. The minimum Gasteiger partial charge on any atom is -0.493 e. The zero-order chi connectivity index (χ0) is 24.5. The molecule has 34 heavy (non-hydrogen) atoms. The predicted octanol–water partition coefficient (Wildman–Crippen LogP) is 2.66. The molecule has 0 unspecified atom stereocenters. The second kappa shape index (κ2) is 9.63. The summed E-state index contributed by atoms with van der Waals surface area (Å²) in [5, 5.41) is 7.65. The van der Waals surface area contributed by atoms with Gasteiger partial charge in [-0.05, 0) is 51.3 Å². The average molecular weight is 489 g/mol. The molecule has 1 aromatic carbocycles. The van der Waals surface area contributed by atoms with Crippen LogP contribution in [0.25, 0.3) is 16.9 Å². The Labute approximate surface area is 197 Å². The van der Waals surface area contributed by atoms with E-state index >= 15 is 0 Å². The second-order valence-corrected chi connectivity index (χ2v) is 10.2. The van der Waals surface area contributed by atoms with Gasteiger partial charge in [-0.15, -0.1) is 5.10 Å². The van der Waals surface area contributed by atoms with E-state index in [9.17, 15) is 18.1 Å². The summed E-state index contributed by atoms with van der Waals surface area (Å²) in [6, 6.07) is 4.16. The zero-order valence-corrected chi connectivity index (χ0v) is 20.3. The van der Waals surface area contributed by atoms with Gasteiger partial charge in [-0.3, -0.25) is 4.79 Å². The number of rotatable bonds is 8. The molecule has 3 aromatic rings. The minimum atomic E-state index is -3.83. The molecule has 1 fully saturated rings. The van der Waals surface area contributed by atoms with E-state index in [1.165, 1.54) is 21.0 Å². The summed E-state index contributed by atoms with van der Waals surface area (Å²) in [7, 11) is -3.83. The van der Waals surface area contributed by atoms with Crippen LogP contribution in [0.15, 0.2) is 33.1 Å². The molecule has 12 heteroatoms. The summed E-state index contributed by atoms with van der Waals surface area (Å²) >= 11 is 0. The van der Waals surface area contributed by atoms with E-state index in [1.54, 1.807) is 13.0 Å². The Kier molecular flexibility index (Phi) is 6.80. The number of nitroso groups, excluding NO2 is 1. The van der Waals surface area contributed by atoms with Crippen LogP contribution in [0.3, 0.4) is 0 Å². The third kappa shape index (κ3) is 4.34. The Bertz CT molecular complexity index is 1370. The van der Waals surface area contributed by atoms with Gasteiger partial charge in [-0.1, -0.05) is 12.1 Å². The van der Waals surface area contributed by atoms with Crippen molar-refractivity contribution in [2.24, 2.45) is 5.18 Å². The van der Waals surface area contributed by atoms with Crippen LogP contribution in [0.2, 0.25) is 0 Å². The first kappa shape index (κ1) is 24.0. The Morgan fingerprint density at radius 3 is 2.62 bits per heavy atom. The number of piperidine rings is 1. The normalized spacial score (nSPS) is 15.6. The lowest BCUT2D eigenvalue weighted by Crippen LogP contribution is -2.39.